The van der Waals surface area contributed by atoms with Crippen molar-refractivity contribution in [3.63, 3.8) is 0 Å². The van der Waals surface area contributed by atoms with E-state index >= 15 is 0 Å². The van der Waals surface area contributed by atoms with Gasteiger partial charge in [-0.1, -0.05) is 29.8 Å². The van der Waals surface area contributed by atoms with Crippen LogP contribution in [0, 0.1) is 0 Å². The van der Waals surface area contributed by atoms with E-state index < -0.39 is 28.9 Å². The number of alkyl halides is 3. The summed E-state index contributed by atoms with van der Waals surface area (Å²) < 4.78 is 46.3. The Balaban J connectivity index is 1.55. The lowest BCUT2D eigenvalue weighted by Crippen LogP contribution is -2.28. The number of carbonyl (C=O) groups excluding carboxylic acids is 3. The average molecular weight is 536 g/mol. The van der Waals surface area contributed by atoms with Crippen molar-refractivity contribution in [3.8, 4) is 0 Å². The summed E-state index contributed by atoms with van der Waals surface area (Å²) in [6.07, 6.45) is 0.983. The van der Waals surface area contributed by atoms with E-state index in [2.05, 4.69) is 9.84 Å². The summed E-state index contributed by atoms with van der Waals surface area (Å²) in [5, 5.41) is 4.38. The Morgan fingerprint density at radius 3 is 2.69 bits per heavy atom. The second-order valence-electron chi connectivity index (χ2n) is 7.64. The van der Waals surface area contributed by atoms with Crippen molar-refractivity contribution < 1.29 is 32.3 Å². The fraction of sp³-hybridized carbons (Fsp3) is 0.167. The number of methoxy groups -OCH3 is 1. The molecule has 0 bridgehead atoms. The molecule has 186 valence electrons. The van der Waals surface area contributed by atoms with E-state index in [4.69, 9.17) is 11.6 Å². The average Bonchev–Trinajstić information content (AvgIpc) is 3.34. The molecule has 4 rings (SSSR count). The zero-order valence-corrected chi connectivity index (χ0v) is 20.2. The van der Waals surface area contributed by atoms with Gasteiger partial charge < -0.3 is 4.74 Å². The van der Waals surface area contributed by atoms with Crippen molar-refractivity contribution in [2.45, 2.75) is 12.7 Å². The van der Waals surface area contributed by atoms with E-state index in [0.29, 0.717) is 16.5 Å². The van der Waals surface area contributed by atoms with Gasteiger partial charge in [0.25, 0.3) is 11.1 Å². The number of fused-ring (bicyclic) bond motifs is 1. The quantitative estimate of drug-likeness (QED) is 0.305. The van der Waals surface area contributed by atoms with Crippen LogP contribution in [0.2, 0.25) is 5.02 Å². The van der Waals surface area contributed by atoms with Gasteiger partial charge in [-0.15, -0.1) is 0 Å². The largest absolute Gasteiger partial charge is 0.466 e. The monoisotopic (exact) mass is 535 g/mol. The molecule has 0 aliphatic carbocycles. The van der Waals surface area contributed by atoms with E-state index in [1.165, 1.54) is 36.2 Å². The molecule has 3 aromatic rings. The van der Waals surface area contributed by atoms with E-state index in [0.717, 1.165) is 28.8 Å². The second kappa shape index (κ2) is 10.2. The molecule has 0 saturated carbocycles. The lowest BCUT2D eigenvalue weighted by Gasteiger charge is -2.14. The minimum Gasteiger partial charge on any atom is -0.466 e. The van der Waals surface area contributed by atoms with Crippen molar-refractivity contribution >= 4 is 57.5 Å². The third kappa shape index (κ3) is 5.47. The number of carbonyl (C=O) groups is 3. The predicted octanol–water partition coefficient (Wildman–Crippen LogP) is 5.52. The van der Waals surface area contributed by atoms with E-state index in [1.54, 1.807) is 24.3 Å². The topological polar surface area (TPSA) is 81.5 Å². The highest BCUT2D eigenvalue weighted by Crippen LogP contribution is 2.35. The molecule has 7 nitrogen and oxygen atoms in total. The Bertz CT molecular complexity index is 1430. The summed E-state index contributed by atoms with van der Waals surface area (Å²) in [7, 11) is 1.22. The van der Waals surface area contributed by atoms with Gasteiger partial charge >= 0.3 is 12.1 Å². The lowest BCUT2D eigenvalue weighted by molar-refractivity contribution is -0.138. The number of amides is 2. The smallest absolute Gasteiger partial charge is 0.416 e. The number of esters is 1. The van der Waals surface area contributed by atoms with Gasteiger partial charge in [0.05, 0.1) is 35.8 Å². The molecule has 1 fully saturated rings. The lowest BCUT2D eigenvalue weighted by atomic mass is 10.1. The van der Waals surface area contributed by atoms with Crippen molar-refractivity contribution in [2.75, 3.05) is 13.7 Å². The third-order valence-corrected chi connectivity index (χ3v) is 6.42. The molecule has 0 radical (unpaired) electrons. The van der Waals surface area contributed by atoms with Crippen LogP contribution in [-0.4, -0.2) is 45.5 Å². The Hall–Kier alpha value is -3.57. The first-order valence-electron chi connectivity index (χ1n) is 10.4. The summed E-state index contributed by atoms with van der Waals surface area (Å²) in [5.74, 6) is -1.10. The number of ether oxygens (including phenoxy) is 1. The van der Waals surface area contributed by atoms with Gasteiger partial charge in [-0.3, -0.25) is 19.2 Å². The minimum atomic E-state index is -4.56. The molecule has 1 aliphatic heterocycles. The molecule has 0 N–H and O–H groups in total. The van der Waals surface area contributed by atoms with Gasteiger partial charge in [0.15, 0.2) is 0 Å². The van der Waals surface area contributed by atoms with Crippen molar-refractivity contribution in [1.82, 2.24) is 14.7 Å². The van der Waals surface area contributed by atoms with Crippen LogP contribution in [0.4, 0.5) is 18.0 Å². The third-order valence-electron chi connectivity index (χ3n) is 5.28. The number of hydrogen-bond donors (Lipinski definition) is 0. The molecule has 0 unspecified atom stereocenters. The molecule has 12 heteroatoms. The second-order valence-corrected chi connectivity index (χ2v) is 9.07. The zero-order valence-electron chi connectivity index (χ0n) is 18.6. The van der Waals surface area contributed by atoms with Gasteiger partial charge in [-0.2, -0.15) is 18.3 Å². The van der Waals surface area contributed by atoms with Crippen molar-refractivity contribution in [2.24, 2.45) is 0 Å². The van der Waals surface area contributed by atoms with E-state index in [9.17, 15) is 27.6 Å². The Kier molecular flexibility index (Phi) is 7.23. The molecule has 0 atom stereocenters. The molecule has 2 aromatic carbocycles. The Morgan fingerprint density at radius 1 is 1.19 bits per heavy atom. The zero-order chi connectivity index (χ0) is 26.0. The molecular weight excluding hydrogens is 519 g/mol. The number of nitrogens with zero attached hydrogens (tertiary/aromatic N) is 3. The summed E-state index contributed by atoms with van der Waals surface area (Å²) in [4.78, 5) is 37.2. The SMILES string of the molecule is COC(=O)/C=C/CN1C(=O)SC(=Cc2ccc3c(cnn3Cc3ccc(Cl)cc3C(F)(F)F)c2)C1=O. The molecule has 2 heterocycles. The van der Waals surface area contributed by atoms with Crippen LogP contribution in [0.25, 0.3) is 17.0 Å². The maximum atomic E-state index is 13.4. The maximum Gasteiger partial charge on any atom is 0.416 e. The summed E-state index contributed by atoms with van der Waals surface area (Å²) >= 11 is 6.53. The molecule has 36 heavy (non-hydrogen) atoms. The van der Waals surface area contributed by atoms with Gasteiger partial charge in [-0.05, 0) is 53.2 Å². The van der Waals surface area contributed by atoms with E-state index in [1.807, 2.05) is 0 Å². The molecule has 1 aromatic heterocycles. The van der Waals surface area contributed by atoms with Gasteiger partial charge in [-0.25, -0.2) is 4.79 Å². The van der Waals surface area contributed by atoms with Crippen molar-refractivity contribution in [3.05, 3.63) is 81.4 Å². The Labute approximate surface area is 212 Å². The number of imide groups is 1. The first kappa shape index (κ1) is 25.5. The molecule has 2 amide bonds. The van der Waals surface area contributed by atoms with Crippen LogP contribution in [0.5, 0.6) is 0 Å². The number of aromatic nitrogens is 2. The normalized spacial score (nSPS) is 15.6. The number of rotatable bonds is 6. The number of halogens is 4. The van der Waals surface area contributed by atoms with Crippen LogP contribution in [0.1, 0.15) is 16.7 Å². The highest BCUT2D eigenvalue weighted by atomic mass is 35.5. The Morgan fingerprint density at radius 2 is 1.97 bits per heavy atom. The molecule has 1 aliphatic rings. The van der Waals surface area contributed by atoms with Gasteiger partial charge in [0.2, 0.25) is 0 Å². The van der Waals surface area contributed by atoms with Gasteiger partial charge in [0, 0.05) is 23.0 Å². The molecular formula is C24H17ClF3N3O4S. The summed E-state index contributed by atoms with van der Waals surface area (Å²) in [5.41, 5.74) is 0.403. The van der Waals surface area contributed by atoms with Crippen LogP contribution >= 0.6 is 23.4 Å². The highest BCUT2D eigenvalue weighted by Gasteiger charge is 2.35. The number of benzene rings is 2. The van der Waals surface area contributed by atoms with Crippen LogP contribution in [0.15, 0.2) is 59.7 Å². The molecule has 0 spiro atoms. The highest BCUT2D eigenvalue weighted by molar-refractivity contribution is 8.18. The fourth-order valence-electron chi connectivity index (χ4n) is 3.56. The van der Waals surface area contributed by atoms with Crippen LogP contribution in [-0.2, 0) is 27.0 Å². The standard InChI is InChI=1S/C24H17ClF3N3O4S/c1-35-21(32)3-2-8-30-22(33)20(36-23(30)34)10-14-4-7-19-16(9-14)12-29-31(19)13-15-5-6-17(25)11-18(15)24(26,27)28/h2-7,9-12H,8,13H2,1H3/b3-2+,20-10?. The van der Waals surface area contributed by atoms with Gasteiger partial charge in [0.1, 0.15) is 0 Å². The first-order valence-corrected chi connectivity index (χ1v) is 11.6. The van der Waals surface area contributed by atoms with Crippen LogP contribution < -0.4 is 0 Å². The van der Waals surface area contributed by atoms with E-state index in [-0.39, 0.29) is 28.6 Å². The number of thioether (sulfide) groups is 1. The fourth-order valence-corrected chi connectivity index (χ4v) is 4.58. The summed E-state index contributed by atoms with van der Waals surface area (Å²) in [6.45, 7) is -0.194. The first-order chi connectivity index (χ1) is 17.1. The van der Waals surface area contributed by atoms with Crippen LogP contribution in [0.3, 0.4) is 0 Å². The maximum absolute atomic E-state index is 13.4. The predicted molar refractivity (Wildman–Crippen MR) is 129 cm³/mol. The molecule has 1 saturated heterocycles. The summed E-state index contributed by atoms with van der Waals surface area (Å²) in [6, 6.07) is 8.69. The number of hydrogen-bond acceptors (Lipinski definition) is 6. The minimum absolute atomic E-state index is 0.00931. The van der Waals surface area contributed by atoms with Crippen molar-refractivity contribution in [1.29, 1.82) is 0 Å².